The van der Waals surface area contributed by atoms with Gasteiger partial charge in [0.25, 0.3) is 0 Å². The number of rotatable bonds is 4. The van der Waals surface area contributed by atoms with Crippen LogP contribution in [0.2, 0.25) is 0 Å². The molecule has 0 unspecified atom stereocenters. The van der Waals surface area contributed by atoms with Crippen molar-refractivity contribution in [1.82, 2.24) is 4.90 Å². The minimum atomic E-state index is -4.37. The van der Waals surface area contributed by atoms with Gasteiger partial charge in [0, 0.05) is 18.8 Å². The second-order valence-corrected chi connectivity index (χ2v) is 7.02. The molecule has 1 aliphatic rings. The summed E-state index contributed by atoms with van der Waals surface area (Å²) in [5.41, 5.74) is 1.62. The van der Waals surface area contributed by atoms with Crippen LogP contribution < -0.4 is 5.32 Å². The van der Waals surface area contributed by atoms with Crippen LogP contribution in [-0.4, -0.2) is 30.1 Å². The summed E-state index contributed by atoms with van der Waals surface area (Å²) >= 11 is 0. The average molecular weight is 392 g/mol. The molecule has 1 atom stereocenters. The highest BCUT2D eigenvalue weighted by Crippen LogP contribution is 2.29. The van der Waals surface area contributed by atoms with Gasteiger partial charge < -0.3 is 15.0 Å². The Labute approximate surface area is 162 Å². The number of nitrogens with zero attached hydrogens (tertiary/aromatic N) is 1. The minimum Gasteiger partial charge on any atom is -0.372 e. The first-order valence-electron chi connectivity index (χ1n) is 9.21. The standard InChI is InChI=1S/C21H23F3N2O2/c1-15-7-9-18(10-8-15)25-20(27)26-11-3-6-19(13-26)28-14-16-4-2-5-17(12-16)21(22,23)24/h2,4-5,7-10,12,19H,3,6,11,13-14H2,1H3,(H,25,27)/t19-/m0/s1. The van der Waals surface area contributed by atoms with Crippen molar-refractivity contribution in [2.45, 2.75) is 38.7 Å². The number of piperidine rings is 1. The van der Waals surface area contributed by atoms with Crippen molar-refractivity contribution in [2.24, 2.45) is 0 Å². The van der Waals surface area contributed by atoms with E-state index in [1.54, 1.807) is 11.0 Å². The fourth-order valence-corrected chi connectivity index (χ4v) is 3.15. The summed E-state index contributed by atoms with van der Waals surface area (Å²) in [5, 5.41) is 2.86. The molecule has 0 saturated carbocycles. The van der Waals surface area contributed by atoms with Crippen molar-refractivity contribution in [3.05, 3.63) is 65.2 Å². The van der Waals surface area contributed by atoms with E-state index in [1.807, 2.05) is 31.2 Å². The second kappa shape index (κ2) is 8.65. The van der Waals surface area contributed by atoms with Crippen LogP contribution in [0.15, 0.2) is 48.5 Å². The largest absolute Gasteiger partial charge is 0.416 e. The molecule has 2 amide bonds. The molecule has 2 aromatic carbocycles. The normalized spacial score (nSPS) is 17.4. The molecule has 4 nitrogen and oxygen atoms in total. The number of aryl methyl sites for hydroxylation is 1. The number of alkyl halides is 3. The van der Waals surface area contributed by atoms with E-state index in [4.69, 9.17) is 4.74 Å². The third kappa shape index (κ3) is 5.48. The number of carbonyl (C=O) groups is 1. The summed E-state index contributed by atoms with van der Waals surface area (Å²) in [5.74, 6) is 0. The van der Waals surface area contributed by atoms with Gasteiger partial charge in [-0.2, -0.15) is 13.2 Å². The van der Waals surface area contributed by atoms with Gasteiger partial charge in [0.05, 0.1) is 18.3 Å². The third-order valence-electron chi connectivity index (χ3n) is 4.71. The number of hydrogen-bond donors (Lipinski definition) is 1. The molecule has 1 aliphatic heterocycles. The van der Waals surface area contributed by atoms with Crippen molar-refractivity contribution in [2.75, 3.05) is 18.4 Å². The summed E-state index contributed by atoms with van der Waals surface area (Å²) in [7, 11) is 0. The Bertz CT molecular complexity index is 806. The summed E-state index contributed by atoms with van der Waals surface area (Å²) in [6.45, 7) is 3.10. The molecule has 150 valence electrons. The SMILES string of the molecule is Cc1ccc(NC(=O)N2CCC[C@H](OCc3cccc(C(F)(F)F)c3)C2)cc1. The highest BCUT2D eigenvalue weighted by molar-refractivity contribution is 5.89. The second-order valence-electron chi connectivity index (χ2n) is 7.02. The maximum Gasteiger partial charge on any atom is 0.416 e. The molecule has 1 heterocycles. The van der Waals surface area contributed by atoms with Gasteiger partial charge >= 0.3 is 12.2 Å². The summed E-state index contributed by atoms with van der Waals surface area (Å²) in [4.78, 5) is 14.1. The fraction of sp³-hybridized carbons (Fsp3) is 0.381. The zero-order valence-electron chi connectivity index (χ0n) is 15.6. The first kappa shape index (κ1) is 20.2. The third-order valence-corrected chi connectivity index (χ3v) is 4.71. The lowest BCUT2D eigenvalue weighted by molar-refractivity contribution is -0.137. The molecule has 0 bridgehead atoms. The number of anilines is 1. The predicted molar refractivity (Wildman–Crippen MR) is 101 cm³/mol. The van der Waals surface area contributed by atoms with E-state index < -0.39 is 11.7 Å². The molecule has 1 saturated heterocycles. The van der Waals surface area contributed by atoms with Gasteiger partial charge in [-0.15, -0.1) is 0 Å². The van der Waals surface area contributed by atoms with Gasteiger partial charge in [-0.3, -0.25) is 0 Å². The first-order chi connectivity index (χ1) is 13.3. The number of amides is 2. The van der Waals surface area contributed by atoms with E-state index in [1.165, 1.54) is 6.07 Å². The molecule has 0 aliphatic carbocycles. The lowest BCUT2D eigenvalue weighted by Gasteiger charge is -2.32. The maximum atomic E-state index is 12.8. The molecular weight excluding hydrogens is 369 g/mol. The van der Waals surface area contributed by atoms with Gasteiger partial charge in [0.1, 0.15) is 0 Å². The number of hydrogen-bond acceptors (Lipinski definition) is 2. The van der Waals surface area contributed by atoms with Gasteiger partial charge in [-0.1, -0.05) is 29.8 Å². The number of ether oxygens (including phenoxy) is 1. The topological polar surface area (TPSA) is 41.6 Å². The van der Waals surface area contributed by atoms with Gasteiger partial charge in [-0.25, -0.2) is 4.79 Å². The van der Waals surface area contributed by atoms with Crippen LogP contribution in [0.1, 0.15) is 29.5 Å². The molecule has 28 heavy (non-hydrogen) atoms. The van der Waals surface area contributed by atoms with E-state index in [-0.39, 0.29) is 18.7 Å². The molecule has 1 fully saturated rings. The van der Waals surface area contributed by atoms with Gasteiger partial charge in [0.15, 0.2) is 0 Å². The van der Waals surface area contributed by atoms with Crippen LogP contribution in [0.25, 0.3) is 0 Å². The lowest BCUT2D eigenvalue weighted by Crippen LogP contribution is -2.45. The highest BCUT2D eigenvalue weighted by Gasteiger charge is 2.30. The molecule has 3 rings (SSSR count). The fourth-order valence-electron chi connectivity index (χ4n) is 3.15. The van der Waals surface area contributed by atoms with Crippen molar-refractivity contribution in [1.29, 1.82) is 0 Å². The number of nitrogens with one attached hydrogen (secondary N) is 1. The smallest absolute Gasteiger partial charge is 0.372 e. The zero-order chi connectivity index (χ0) is 20.1. The van der Waals surface area contributed by atoms with E-state index in [0.717, 1.165) is 36.2 Å². The Hall–Kier alpha value is -2.54. The van der Waals surface area contributed by atoms with Crippen molar-refractivity contribution in [3.8, 4) is 0 Å². The Balaban J connectivity index is 1.53. The Morgan fingerprint density at radius 3 is 2.68 bits per heavy atom. The van der Waals surface area contributed by atoms with Crippen LogP contribution in [0.3, 0.4) is 0 Å². The summed E-state index contributed by atoms with van der Waals surface area (Å²) < 4.78 is 44.2. The predicted octanol–water partition coefficient (Wildman–Crippen LogP) is 5.23. The van der Waals surface area contributed by atoms with E-state index in [9.17, 15) is 18.0 Å². The van der Waals surface area contributed by atoms with Crippen LogP contribution in [0.5, 0.6) is 0 Å². The quantitative estimate of drug-likeness (QED) is 0.774. The van der Waals surface area contributed by atoms with Gasteiger partial charge in [-0.05, 0) is 49.6 Å². The van der Waals surface area contributed by atoms with Gasteiger partial charge in [0.2, 0.25) is 0 Å². The molecular formula is C21H23F3N2O2. The number of halogens is 3. The number of benzene rings is 2. The molecule has 0 radical (unpaired) electrons. The number of likely N-dealkylation sites (tertiary alicyclic amines) is 1. The summed E-state index contributed by atoms with van der Waals surface area (Å²) in [6, 6.07) is 12.5. The van der Waals surface area contributed by atoms with E-state index in [2.05, 4.69) is 5.32 Å². The van der Waals surface area contributed by atoms with E-state index >= 15 is 0 Å². The monoisotopic (exact) mass is 392 g/mol. The molecule has 2 aromatic rings. The van der Waals surface area contributed by atoms with Crippen molar-refractivity contribution >= 4 is 11.7 Å². The Morgan fingerprint density at radius 1 is 1.21 bits per heavy atom. The Morgan fingerprint density at radius 2 is 1.96 bits per heavy atom. The first-order valence-corrected chi connectivity index (χ1v) is 9.21. The average Bonchev–Trinajstić information content (AvgIpc) is 2.68. The number of urea groups is 1. The highest BCUT2D eigenvalue weighted by atomic mass is 19.4. The Kier molecular flexibility index (Phi) is 6.24. The molecule has 7 heteroatoms. The van der Waals surface area contributed by atoms with Crippen molar-refractivity contribution < 1.29 is 22.7 Å². The van der Waals surface area contributed by atoms with E-state index in [0.29, 0.717) is 18.7 Å². The minimum absolute atomic E-state index is 0.0853. The van der Waals surface area contributed by atoms with Crippen LogP contribution >= 0.6 is 0 Å². The van der Waals surface area contributed by atoms with Crippen LogP contribution in [0.4, 0.5) is 23.7 Å². The molecule has 0 spiro atoms. The molecule has 0 aromatic heterocycles. The summed E-state index contributed by atoms with van der Waals surface area (Å²) in [6.07, 6.45) is -3.01. The maximum absolute atomic E-state index is 12.8. The number of carbonyl (C=O) groups excluding carboxylic acids is 1. The van der Waals surface area contributed by atoms with Crippen molar-refractivity contribution in [3.63, 3.8) is 0 Å². The van der Waals surface area contributed by atoms with Crippen LogP contribution in [0, 0.1) is 6.92 Å². The zero-order valence-corrected chi connectivity index (χ0v) is 15.6. The lowest BCUT2D eigenvalue weighted by atomic mass is 10.1. The molecule has 1 N–H and O–H groups in total. The van der Waals surface area contributed by atoms with Crippen LogP contribution in [-0.2, 0) is 17.5 Å².